The Kier molecular flexibility index (Phi) is 5.71. The molecule has 1 atom stereocenters. The highest BCUT2D eigenvalue weighted by Crippen LogP contribution is 2.29. The van der Waals surface area contributed by atoms with Gasteiger partial charge in [0.1, 0.15) is 5.82 Å². The van der Waals surface area contributed by atoms with Crippen LogP contribution >= 0.6 is 0 Å². The fourth-order valence-electron chi connectivity index (χ4n) is 4.19. The largest absolute Gasteiger partial charge is 0.384 e. The Morgan fingerprint density at radius 3 is 2.65 bits per heavy atom. The molecule has 3 heterocycles. The van der Waals surface area contributed by atoms with Gasteiger partial charge in [-0.1, -0.05) is 32.9 Å². The number of hydrogen-bond donors (Lipinski definition) is 2. The van der Waals surface area contributed by atoms with Crippen LogP contribution in [-0.4, -0.2) is 38.5 Å². The molecule has 1 aromatic carbocycles. The Morgan fingerprint density at radius 1 is 1.23 bits per heavy atom. The summed E-state index contributed by atoms with van der Waals surface area (Å²) >= 11 is 0. The van der Waals surface area contributed by atoms with Gasteiger partial charge < -0.3 is 11.1 Å². The molecule has 31 heavy (non-hydrogen) atoms. The maximum atomic E-state index is 11.2. The molecule has 3 aromatic rings. The smallest absolute Gasteiger partial charge is 0.221 e. The van der Waals surface area contributed by atoms with Gasteiger partial charge in [-0.3, -0.25) is 9.69 Å². The highest BCUT2D eigenvalue weighted by molar-refractivity contribution is 5.88. The molecule has 0 unspecified atom stereocenters. The third-order valence-electron chi connectivity index (χ3n) is 5.85. The lowest BCUT2D eigenvalue weighted by Gasteiger charge is -2.32. The lowest BCUT2D eigenvalue weighted by atomic mass is 9.92. The number of amides is 1. The van der Waals surface area contributed by atoms with Crippen LogP contribution in [0.5, 0.6) is 0 Å². The van der Waals surface area contributed by atoms with Crippen LogP contribution in [0, 0.1) is 0 Å². The summed E-state index contributed by atoms with van der Waals surface area (Å²) < 4.78 is 1.75. The number of carbonyl (C=O) groups excluding carboxylic acids is 1. The van der Waals surface area contributed by atoms with E-state index in [2.05, 4.69) is 54.3 Å². The van der Waals surface area contributed by atoms with Crippen molar-refractivity contribution in [2.24, 2.45) is 0 Å². The molecule has 2 aromatic heterocycles. The number of carbonyl (C=O) groups is 1. The van der Waals surface area contributed by atoms with E-state index in [9.17, 15) is 4.79 Å². The van der Waals surface area contributed by atoms with Gasteiger partial charge >= 0.3 is 0 Å². The van der Waals surface area contributed by atoms with E-state index in [1.54, 1.807) is 4.52 Å². The van der Waals surface area contributed by atoms with Crippen LogP contribution in [0.1, 0.15) is 63.4 Å². The number of anilines is 2. The lowest BCUT2D eigenvalue weighted by Crippen LogP contribution is -2.34. The maximum absolute atomic E-state index is 11.2. The number of benzene rings is 1. The number of nitrogens with one attached hydrogen (secondary N) is 1. The van der Waals surface area contributed by atoms with Crippen molar-refractivity contribution < 1.29 is 4.79 Å². The molecular weight excluding hydrogens is 388 g/mol. The number of piperidine rings is 1. The van der Waals surface area contributed by atoms with E-state index >= 15 is 0 Å². The first-order valence-corrected chi connectivity index (χ1v) is 10.9. The predicted molar refractivity (Wildman–Crippen MR) is 124 cm³/mol. The molecule has 1 amide bonds. The molecule has 164 valence electrons. The maximum Gasteiger partial charge on any atom is 0.221 e. The summed E-state index contributed by atoms with van der Waals surface area (Å²) in [5.41, 5.74) is 11.2. The normalized spacial score (nSPS) is 17.7. The van der Waals surface area contributed by atoms with Crippen molar-refractivity contribution in [1.29, 1.82) is 0 Å². The van der Waals surface area contributed by atoms with Crippen molar-refractivity contribution in [2.75, 3.05) is 24.1 Å². The van der Waals surface area contributed by atoms with E-state index in [4.69, 9.17) is 10.7 Å². The van der Waals surface area contributed by atoms with Crippen molar-refractivity contribution in [3.05, 3.63) is 53.3 Å². The Morgan fingerprint density at radius 2 is 1.97 bits per heavy atom. The fraction of sp³-hybridized carbons (Fsp3) is 0.458. The molecule has 1 aliphatic rings. The number of nitrogens with two attached hydrogens (primary N) is 1. The van der Waals surface area contributed by atoms with Crippen LogP contribution in [0.2, 0.25) is 0 Å². The molecule has 7 heteroatoms. The summed E-state index contributed by atoms with van der Waals surface area (Å²) in [6.07, 6.45) is 2.24. The van der Waals surface area contributed by atoms with Gasteiger partial charge in [-0.05, 0) is 37.1 Å². The van der Waals surface area contributed by atoms with Crippen molar-refractivity contribution in [2.45, 2.75) is 58.4 Å². The second-order valence-electron chi connectivity index (χ2n) is 9.61. The first kappa shape index (κ1) is 21.3. The SMILES string of the molecule is CC(=O)Nc1ccc(CN2CCC[C@H](c3cc(N)n4nc(C(C)(C)C)cc4n3)C2)cc1. The van der Waals surface area contributed by atoms with E-state index in [-0.39, 0.29) is 11.3 Å². The van der Waals surface area contributed by atoms with Gasteiger partial charge in [0.25, 0.3) is 0 Å². The highest BCUT2D eigenvalue weighted by Gasteiger charge is 2.25. The summed E-state index contributed by atoms with van der Waals surface area (Å²) in [7, 11) is 0. The van der Waals surface area contributed by atoms with Gasteiger partial charge in [-0.25, -0.2) is 4.98 Å². The summed E-state index contributed by atoms with van der Waals surface area (Å²) in [6, 6.07) is 12.1. The minimum absolute atomic E-state index is 0.0442. The summed E-state index contributed by atoms with van der Waals surface area (Å²) in [4.78, 5) is 18.6. The monoisotopic (exact) mass is 420 g/mol. The molecule has 1 fully saturated rings. The number of nitrogen functional groups attached to an aromatic ring is 1. The van der Waals surface area contributed by atoms with Gasteiger partial charge in [0, 0.05) is 49.2 Å². The quantitative estimate of drug-likeness (QED) is 0.667. The van der Waals surface area contributed by atoms with Crippen molar-refractivity contribution in [3.8, 4) is 0 Å². The number of nitrogens with zero attached hydrogens (tertiary/aromatic N) is 4. The Bertz CT molecular complexity index is 1080. The van der Waals surface area contributed by atoms with Crippen LogP contribution < -0.4 is 11.1 Å². The lowest BCUT2D eigenvalue weighted by molar-refractivity contribution is -0.114. The summed E-state index contributed by atoms with van der Waals surface area (Å²) in [6.45, 7) is 10.9. The fourth-order valence-corrected chi connectivity index (χ4v) is 4.19. The Hall–Kier alpha value is -2.93. The van der Waals surface area contributed by atoms with Gasteiger partial charge in [0.2, 0.25) is 5.91 Å². The van der Waals surface area contributed by atoms with Crippen molar-refractivity contribution in [1.82, 2.24) is 19.5 Å². The van der Waals surface area contributed by atoms with Gasteiger partial charge in [-0.2, -0.15) is 9.61 Å². The molecule has 1 aliphatic heterocycles. The molecule has 7 nitrogen and oxygen atoms in total. The van der Waals surface area contributed by atoms with Crippen LogP contribution in [0.15, 0.2) is 36.4 Å². The highest BCUT2D eigenvalue weighted by atomic mass is 16.1. The third-order valence-corrected chi connectivity index (χ3v) is 5.85. The average Bonchev–Trinajstić information content (AvgIpc) is 3.15. The Balaban J connectivity index is 1.49. The molecule has 0 aliphatic carbocycles. The molecule has 0 bridgehead atoms. The minimum Gasteiger partial charge on any atom is -0.384 e. The summed E-state index contributed by atoms with van der Waals surface area (Å²) in [5.74, 6) is 0.942. The molecular formula is C24H32N6O. The van der Waals surface area contributed by atoms with Crippen LogP contribution in [0.3, 0.4) is 0 Å². The zero-order valence-corrected chi connectivity index (χ0v) is 18.9. The first-order valence-electron chi connectivity index (χ1n) is 10.9. The van der Waals surface area contributed by atoms with Gasteiger partial charge in [-0.15, -0.1) is 0 Å². The zero-order chi connectivity index (χ0) is 22.2. The molecule has 0 spiro atoms. The second kappa shape index (κ2) is 8.30. The number of aromatic nitrogens is 3. The van der Waals surface area contributed by atoms with E-state index < -0.39 is 0 Å². The average molecular weight is 421 g/mol. The summed E-state index contributed by atoms with van der Waals surface area (Å²) in [5, 5.41) is 7.47. The molecule has 1 saturated heterocycles. The Labute approximate surface area is 183 Å². The van der Waals surface area contributed by atoms with Crippen molar-refractivity contribution >= 4 is 23.1 Å². The molecule has 0 saturated carbocycles. The molecule has 3 N–H and O–H groups in total. The standard InChI is InChI=1S/C24H32N6O/c1-16(31)26-19-9-7-17(8-10-19)14-29-11-5-6-18(15-29)20-12-22(25)30-23(27-20)13-21(28-30)24(2,3)4/h7-10,12-13,18H,5-6,11,14-15,25H2,1-4H3,(H,26,31)/t18-/m0/s1. The van der Waals surface area contributed by atoms with E-state index in [1.807, 2.05) is 18.2 Å². The second-order valence-corrected chi connectivity index (χ2v) is 9.61. The topological polar surface area (TPSA) is 88.5 Å². The number of fused-ring (bicyclic) bond motifs is 1. The third kappa shape index (κ3) is 4.88. The number of likely N-dealkylation sites (tertiary alicyclic amines) is 1. The predicted octanol–water partition coefficient (Wildman–Crippen LogP) is 3.95. The van der Waals surface area contributed by atoms with Crippen LogP contribution in [-0.2, 0) is 16.8 Å². The number of rotatable bonds is 4. The van der Waals surface area contributed by atoms with Crippen LogP contribution in [0.25, 0.3) is 5.65 Å². The number of hydrogen-bond acceptors (Lipinski definition) is 5. The minimum atomic E-state index is -0.0526. The van der Waals surface area contributed by atoms with E-state index in [1.165, 1.54) is 12.5 Å². The van der Waals surface area contributed by atoms with Gasteiger partial charge in [0.15, 0.2) is 5.65 Å². The van der Waals surface area contributed by atoms with Gasteiger partial charge in [0.05, 0.1) is 11.4 Å². The van der Waals surface area contributed by atoms with Crippen molar-refractivity contribution in [3.63, 3.8) is 0 Å². The first-order chi connectivity index (χ1) is 14.7. The van der Waals surface area contributed by atoms with Crippen LogP contribution in [0.4, 0.5) is 11.5 Å². The van der Waals surface area contributed by atoms with E-state index in [0.29, 0.717) is 11.7 Å². The molecule has 4 rings (SSSR count). The zero-order valence-electron chi connectivity index (χ0n) is 18.9. The molecule has 0 radical (unpaired) electrons. The van der Waals surface area contributed by atoms with E-state index in [0.717, 1.165) is 55.2 Å².